The van der Waals surface area contributed by atoms with Crippen molar-refractivity contribution in [2.75, 3.05) is 5.32 Å². The van der Waals surface area contributed by atoms with Gasteiger partial charge in [-0.25, -0.2) is 9.97 Å². The summed E-state index contributed by atoms with van der Waals surface area (Å²) < 4.78 is 7.25. The molecule has 0 saturated heterocycles. The zero-order chi connectivity index (χ0) is 17.0. The Morgan fingerprint density at radius 2 is 2.32 bits per heavy atom. The number of nitrogens with zero attached hydrogens (tertiary/aromatic N) is 4. The average molecular weight is 353 g/mol. The first kappa shape index (κ1) is 14.9. The molecule has 4 heterocycles. The fraction of sp³-hybridized carbons (Fsp3) is 0.389. The molecule has 1 aliphatic rings. The first-order valence-corrected chi connectivity index (χ1v) is 9.44. The highest BCUT2D eigenvalue weighted by Crippen LogP contribution is 2.39. The second-order valence-corrected chi connectivity index (χ2v) is 7.88. The van der Waals surface area contributed by atoms with Gasteiger partial charge in [-0.2, -0.15) is 4.52 Å². The first-order valence-electron chi connectivity index (χ1n) is 8.63. The van der Waals surface area contributed by atoms with Crippen LogP contribution in [0.15, 0.2) is 22.8 Å². The van der Waals surface area contributed by atoms with E-state index in [0.717, 1.165) is 34.9 Å². The third-order valence-electron chi connectivity index (χ3n) is 4.83. The summed E-state index contributed by atoms with van der Waals surface area (Å²) in [5.74, 6) is 3.06. The summed E-state index contributed by atoms with van der Waals surface area (Å²) in [6, 6.07) is 3.83. The number of hydrogen-bond acceptors (Lipinski definition) is 6. The van der Waals surface area contributed by atoms with Gasteiger partial charge in [0.15, 0.2) is 5.65 Å². The van der Waals surface area contributed by atoms with Crippen molar-refractivity contribution in [2.24, 2.45) is 5.92 Å². The van der Waals surface area contributed by atoms with Crippen molar-refractivity contribution >= 4 is 33.1 Å². The number of fused-ring (bicyclic) bond motifs is 5. The van der Waals surface area contributed by atoms with Gasteiger partial charge in [0.05, 0.1) is 18.2 Å². The topological polar surface area (TPSA) is 68.2 Å². The van der Waals surface area contributed by atoms with Crippen LogP contribution in [0, 0.1) is 12.8 Å². The molecule has 7 heteroatoms. The fourth-order valence-corrected chi connectivity index (χ4v) is 4.83. The second-order valence-electron chi connectivity index (χ2n) is 6.79. The van der Waals surface area contributed by atoms with E-state index in [1.54, 1.807) is 6.26 Å². The largest absolute Gasteiger partial charge is 0.467 e. The van der Waals surface area contributed by atoms with E-state index in [1.807, 2.05) is 34.9 Å². The van der Waals surface area contributed by atoms with Crippen molar-refractivity contribution in [3.8, 4) is 0 Å². The summed E-state index contributed by atoms with van der Waals surface area (Å²) in [5, 5.41) is 9.10. The lowest BCUT2D eigenvalue weighted by Gasteiger charge is -2.17. The van der Waals surface area contributed by atoms with Crippen molar-refractivity contribution in [2.45, 2.75) is 39.7 Å². The van der Waals surface area contributed by atoms with Gasteiger partial charge in [-0.05, 0) is 49.8 Å². The molecule has 0 saturated carbocycles. The summed E-state index contributed by atoms with van der Waals surface area (Å²) in [5.41, 5.74) is 2.34. The summed E-state index contributed by atoms with van der Waals surface area (Å²) in [6.07, 6.45) is 5.19. The minimum atomic E-state index is 0.571. The SMILES string of the molecule is Cc1nc2c3c4c(sc3nc(NCc3ccco3)n2n1)CC[C@@H](C)C4. The maximum atomic E-state index is 5.41. The molecule has 0 spiro atoms. The molecule has 0 fully saturated rings. The van der Waals surface area contributed by atoms with Crippen molar-refractivity contribution in [1.82, 2.24) is 19.6 Å². The quantitative estimate of drug-likeness (QED) is 0.603. The van der Waals surface area contributed by atoms with E-state index in [-0.39, 0.29) is 0 Å². The lowest BCUT2D eigenvalue weighted by atomic mass is 9.89. The lowest BCUT2D eigenvalue weighted by molar-refractivity contribution is 0.508. The maximum absolute atomic E-state index is 5.41. The monoisotopic (exact) mass is 353 g/mol. The van der Waals surface area contributed by atoms with Crippen molar-refractivity contribution in [1.29, 1.82) is 0 Å². The van der Waals surface area contributed by atoms with Crippen LogP contribution in [0.3, 0.4) is 0 Å². The molecule has 4 aromatic rings. The third kappa shape index (κ3) is 2.41. The molecule has 0 bridgehead atoms. The Morgan fingerprint density at radius 1 is 1.40 bits per heavy atom. The zero-order valence-electron chi connectivity index (χ0n) is 14.2. The molecule has 25 heavy (non-hydrogen) atoms. The number of anilines is 1. The second kappa shape index (κ2) is 5.56. The van der Waals surface area contributed by atoms with Crippen molar-refractivity contribution in [3.63, 3.8) is 0 Å². The molecule has 0 aromatic carbocycles. The Balaban J connectivity index is 1.67. The number of aromatic nitrogens is 4. The van der Waals surface area contributed by atoms with E-state index in [9.17, 15) is 0 Å². The Hall–Kier alpha value is -2.41. The molecule has 0 unspecified atom stereocenters. The molecule has 1 aliphatic carbocycles. The summed E-state index contributed by atoms with van der Waals surface area (Å²) in [6.45, 7) is 4.82. The average Bonchev–Trinajstić information content (AvgIpc) is 3.29. The summed E-state index contributed by atoms with van der Waals surface area (Å²) in [4.78, 5) is 12.1. The molecule has 128 valence electrons. The minimum Gasteiger partial charge on any atom is -0.467 e. The van der Waals surface area contributed by atoms with E-state index in [4.69, 9.17) is 14.4 Å². The predicted octanol–water partition coefficient (Wildman–Crippen LogP) is 3.98. The van der Waals surface area contributed by atoms with Crippen LogP contribution < -0.4 is 5.32 Å². The van der Waals surface area contributed by atoms with Crippen LogP contribution in [0.5, 0.6) is 0 Å². The third-order valence-corrected chi connectivity index (χ3v) is 6.02. The maximum Gasteiger partial charge on any atom is 0.227 e. The molecule has 0 radical (unpaired) electrons. The Morgan fingerprint density at radius 3 is 3.16 bits per heavy atom. The van der Waals surface area contributed by atoms with Crippen molar-refractivity contribution < 1.29 is 4.42 Å². The van der Waals surface area contributed by atoms with Gasteiger partial charge in [0, 0.05) is 4.88 Å². The molecule has 1 N–H and O–H groups in total. The highest BCUT2D eigenvalue weighted by atomic mass is 32.1. The van der Waals surface area contributed by atoms with Gasteiger partial charge >= 0.3 is 0 Å². The molecular formula is C18H19N5OS. The van der Waals surface area contributed by atoms with Gasteiger partial charge in [0.1, 0.15) is 16.4 Å². The van der Waals surface area contributed by atoms with Crippen LogP contribution in [0.25, 0.3) is 15.9 Å². The molecule has 6 nitrogen and oxygen atoms in total. The van der Waals surface area contributed by atoms with Gasteiger partial charge in [0.2, 0.25) is 5.95 Å². The Labute approximate surface area is 148 Å². The standard InChI is InChI=1S/C18H19N5OS/c1-10-5-6-14-13(8-10)15-16-20-11(2)22-23(16)18(21-17(15)25-14)19-9-12-4-3-7-24-12/h3-4,7,10H,5-6,8-9H2,1-2H3,(H,19,21)/t10-/m1/s1. The molecule has 0 aliphatic heterocycles. The molecular weight excluding hydrogens is 334 g/mol. The zero-order valence-corrected chi connectivity index (χ0v) is 15.1. The number of aryl methyl sites for hydroxylation is 2. The number of furan rings is 1. The van der Waals surface area contributed by atoms with Crippen LogP contribution in [0.1, 0.15) is 35.4 Å². The minimum absolute atomic E-state index is 0.571. The summed E-state index contributed by atoms with van der Waals surface area (Å²) >= 11 is 1.81. The highest BCUT2D eigenvalue weighted by Gasteiger charge is 2.24. The van der Waals surface area contributed by atoms with Crippen LogP contribution >= 0.6 is 11.3 Å². The number of rotatable bonds is 3. The molecule has 1 atom stereocenters. The lowest BCUT2D eigenvalue weighted by Crippen LogP contribution is -2.10. The highest BCUT2D eigenvalue weighted by molar-refractivity contribution is 7.19. The van der Waals surface area contributed by atoms with E-state index in [0.29, 0.717) is 18.4 Å². The smallest absolute Gasteiger partial charge is 0.227 e. The first-order chi connectivity index (χ1) is 12.2. The molecule has 5 rings (SSSR count). The van der Waals surface area contributed by atoms with Gasteiger partial charge in [0.25, 0.3) is 0 Å². The van der Waals surface area contributed by atoms with Crippen LogP contribution in [0.2, 0.25) is 0 Å². The van der Waals surface area contributed by atoms with E-state index >= 15 is 0 Å². The molecule has 4 aromatic heterocycles. The van der Waals surface area contributed by atoms with E-state index in [1.165, 1.54) is 22.2 Å². The van der Waals surface area contributed by atoms with E-state index < -0.39 is 0 Å². The Bertz CT molecular complexity index is 1060. The van der Waals surface area contributed by atoms with Crippen LogP contribution in [-0.2, 0) is 19.4 Å². The number of hydrogen-bond donors (Lipinski definition) is 1. The van der Waals surface area contributed by atoms with Crippen LogP contribution in [-0.4, -0.2) is 19.6 Å². The number of nitrogens with one attached hydrogen (secondary N) is 1. The fourth-order valence-electron chi connectivity index (χ4n) is 3.61. The summed E-state index contributed by atoms with van der Waals surface area (Å²) in [7, 11) is 0. The van der Waals surface area contributed by atoms with Gasteiger partial charge in [-0.3, -0.25) is 0 Å². The molecule has 0 amide bonds. The van der Waals surface area contributed by atoms with Crippen LogP contribution in [0.4, 0.5) is 5.95 Å². The number of thiophene rings is 1. The van der Waals surface area contributed by atoms with Crippen molar-refractivity contribution in [3.05, 3.63) is 40.4 Å². The normalized spacial score (nSPS) is 17.3. The Kier molecular flexibility index (Phi) is 3.31. The van der Waals surface area contributed by atoms with Gasteiger partial charge in [-0.15, -0.1) is 16.4 Å². The van der Waals surface area contributed by atoms with E-state index in [2.05, 4.69) is 17.3 Å². The predicted molar refractivity (Wildman–Crippen MR) is 98.1 cm³/mol. The van der Waals surface area contributed by atoms with Gasteiger partial charge in [-0.1, -0.05) is 6.92 Å². The van der Waals surface area contributed by atoms with Gasteiger partial charge < -0.3 is 9.73 Å².